The van der Waals surface area contributed by atoms with Crippen molar-refractivity contribution in [2.75, 3.05) is 18.0 Å². The van der Waals surface area contributed by atoms with E-state index in [4.69, 9.17) is 5.73 Å². The number of rotatable bonds is 2. The molecule has 0 bridgehead atoms. The molecule has 1 aliphatic heterocycles. The summed E-state index contributed by atoms with van der Waals surface area (Å²) in [6.07, 6.45) is 2.63. The Kier molecular flexibility index (Phi) is 3.14. The van der Waals surface area contributed by atoms with Crippen molar-refractivity contribution in [2.24, 2.45) is 11.7 Å². The fourth-order valence-electron chi connectivity index (χ4n) is 2.61. The summed E-state index contributed by atoms with van der Waals surface area (Å²) >= 11 is 3.52. The first-order chi connectivity index (χ1) is 9.16. The topological polar surface area (TPSA) is 59.2 Å². The van der Waals surface area contributed by atoms with Crippen molar-refractivity contribution in [3.8, 4) is 0 Å². The average Bonchev–Trinajstić information content (AvgIpc) is 2.88. The van der Waals surface area contributed by atoms with Crippen molar-refractivity contribution < 1.29 is 4.79 Å². The van der Waals surface area contributed by atoms with Crippen LogP contribution in [0, 0.1) is 5.92 Å². The lowest BCUT2D eigenvalue weighted by molar-refractivity contribution is -0.121. The maximum Gasteiger partial charge on any atom is 0.222 e. The molecule has 0 saturated carbocycles. The predicted molar refractivity (Wildman–Crippen MR) is 79.0 cm³/mol. The number of nitrogens with two attached hydrogens (primary N) is 1. The normalized spacial score (nSPS) is 19.0. The van der Waals surface area contributed by atoms with E-state index in [9.17, 15) is 4.79 Å². The van der Waals surface area contributed by atoms with Gasteiger partial charge in [-0.2, -0.15) is 0 Å². The van der Waals surface area contributed by atoms with Gasteiger partial charge in [-0.05, 0) is 34.5 Å². The van der Waals surface area contributed by atoms with E-state index >= 15 is 0 Å². The summed E-state index contributed by atoms with van der Waals surface area (Å²) in [5, 5.41) is 1.10. The van der Waals surface area contributed by atoms with Crippen molar-refractivity contribution >= 4 is 38.4 Å². The number of carbonyl (C=O) groups excluding carboxylic acids is 1. The number of primary amides is 1. The number of hydrogen-bond donors (Lipinski definition) is 1. The molecular formula is C14H14BrN3O. The van der Waals surface area contributed by atoms with Gasteiger partial charge >= 0.3 is 0 Å². The summed E-state index contributed by atoms with van der Waals surface area (Å²) in [7, 11) is 0. The van der Waals surface area contributed by atoms with Gasteiger partial charge in [0, 0.05) is 34.8 Å². The van der Waals surface area contributed by atoms with E-state index < -0.39 is 0 Å². The molecular weight excluding hydrogens is 306 g/mol. The molecule has 2 N–H and O–H groups in total. The number of aromatic nitrogens is 1. The summed E-state index contributed by atoms with van der Waals surface area (Å²) in [5.41, 5.74) is 7.46. The molecule has 1 aromatic carbocycles. The quantitative estimate of drug-likeness (QED) is 0.924. The molecule has 0 radical (unpaired) electrons. The van der Waals surface area contributed by atoms with Crippen LogP contribution in [0.15, 0.2) is 34.9 Å². The van der Waals surface area contributed by atoms with Gasteiger partial charge in [0.2, 0.25) is 5.91 Å². The molecule has 1 saturated heterocycles. The fraction of sp³-hybridized carbons (Fsp3) is 0.286. The number of anilines is 1. The second-order valence-corrected chi connectivity index (χ2v) is 5.65. The maximum atomic E-state index is 11.3. The summed E-state index contributed by atoms with van der Waals surface area (Å²) in [6.45, 7) is 1.56. The third kappa shape index (κ3) is 2.18. The van der Waals surface area contributed by atoms with Crippen LogP contribution in [0.3, 0.4) is 0 Å². The van der Waals surface area contributed by atoms with Gasteiger partial charge in [0.05, 0.1) is 11.4 Å². The second-order valence-electron chi connectivity index (χ2n) is 4.80. The predicted octanol–water partition coefficient (Wildman–Crippen LogP) is 2.31. The number of nitrogens with zero attached hydrogens (tertiary/aromatic N) is 2. The van der Waals surface area contributed by atoms with Crippen molar-refractivity contribution in [3.63, 3.8) is 0 Å². The molecule has 1 unspecified atom stereocenters. The van der Waals surface area contributed by atoms with E-state index in [1.54, 1.807) is 6.20 Å². The lowest BCUT2D eigenvalue weighted by Gasteiger charge is -2.20. The maximum absolute atomic E-state index is 11.3. The molecule has 1 atom stereocenters. The Labute approximate surface area is 119 Å². The molecule has 0 aliphatic carbocycles. The molecule has 19 heavy (non-hydrogen) atoms. The van der Waals surface area contributed by atoms with E-state index in [2.05, 4.69) is 31.9 Å². The third-order valence-electron chi connectivity index (χ3n) is 3.63. The van der Waals surface area contributed by atoms with Crippen LogP contribution in [-0.2, 0) is 4.79 Å². The van der Waals surface area contributed by atoms with Crippen LogP contribution < -0.4 is 10.6 Å². The van der Waals surface area contributed by atoms with Crippen LogP contribution in [0.1, 0.15) is 6.42 Å². The fourth-order valence-corrected chi connectivity index (χ4v) is 3.08. The molecule has 1 aromatic heterocycles. The van der Waals surface area contributed by atoms with Gasteiger partial charge in [-0.1, -0.05) is 12.1 Å². The van der Waals surface area contributed by atoms with E-state index in [0.29, 0.717) is 6.54 Å². The number of benzene rings is 1. The van der Waals surface area contributed by atoms with E-state index in [1.807, 2.05) is 18.2 Å². The third-order valence-corrected chi connectivity index (χ3v) is 4.27. The SMILES string of the molecule is NC(=O)C1CCN(c2ccnc3c(Br)cccc23)C1. The smallest absolute Gasteiger partial charge is 0.222 e. The van der Waals surface area contributed by atoms with E-state index in [-0.39, 0.29) is 11.8 Å². The minimum Gasteiger partial charge on any atom is -0.370 e. The highest BCUT2D eigenvalue weighted by Gasteiger charge is 2.27. The molecule has 5 heteroatoms. The zero-order valence-corrected chi connectivity index (χ0v) is 11.9. The van der Waals surface area contributed by atoms with E-state index in [1.165, 1.54) is 0 Å². The standard InChI is InChI=1S/C14H14BrN3O/c15-11-3-1-2-10-12(4-6-17-13(10)11)18-7-5-9(8-18)14(16)19/h1-4,6,9H,5,7-8H2,(H2,16,19). The lowest BCUT2D eigenvalue weighted by atomic mass is 10.1. The summed E-state index contributed by atoms with van der Waals surface area (Å²) in [4.78, 5) is 17.9. The first kappa shape index (κ1) is 12.4. The number of fused-ring (bicyclic) bond motifs is 1. The monoisotopic (exact) mass is 319 g/mol. The van der Waals surface area contributed by atoms with Crippen molar-refractivity contribution in [2.45, 2.75) is 6.42 Å². The Morgan fingerprint density at radius 3 is 3.00 bits per heavy atom. The van der Waals surface area contributed by atoms with Gasteiger partial charge in [0.15, 0.2) is 0 Å². The van der Waals surface area contributed by atoms with E-state index in [0.717, 1.165) is 34.0 Å². The van der Waals surface area contributed by atoms with Crippen LogP contribution in [0.4, 0.5) is 5.69 Å². The van der Waals surface area contributed by atoms with Crippen LogP contribution >= 0.6 is 15.9 Å². The molecule has 4 nitrogen and oxygen atoms in total. The molecule has 98 valence electrons. The number of pyridine rings is 1. The number of amides is 1. The second kappa shape index (κ2) is 4.81. The molecule has 1 aliphatic rings. The highest BCUT2D eigenvalue weighted by molar-refractivity contribution is 9.10. The minimum absolute atomic E-state index is 0.0460. The van der Waals surface area contributed by atoms with Crippen LogP contribution in [0.25, 0.3) is 10.9 Å². The van der Waals surface area contributed by atoms with Gasteiger partial charge in [-0.25, -0.2) is 0 Å². The molecule has 2 aromatic rings. The van der Waals surface area contributed by atoms with Gasteiger partial charge in [0.1, 0.15) is 0 Å². The first-order valence-corrected chi connectivity index (χ1v) is 7.03. The summed E-state index contributed by atoms with van der Waals surface area (Å²) < 4.78 is 0.984. The Morgan fingerprint density at radius 1 is 1.42 bits per heavy atom. The number of halogens is 1. The Balaban J connectivity index is 2.02. The Bertz CT molecular complexity index is 644. The molecule has 1 fully saturated rings. The highest BCUT2D eigenvalue weighted by Crippen LogP contribution is 2.32. The number of hydrogen-bond acceptors (Lipinski definition) is 3. The Morgan fingerprint density at radius 2 is 2.26 bits per heavy atom. The van der Waals surface area contributed by atoms with Gasteiger partial charge < -0.3 is 10.6 Å². The zero-order valence-electron chi connectivity index (χ0n) is 10.3. The van der Waals surface area contributed by atoms with Crippen molar-refractivity contribution in [3.05, 3.63) is 34.9 Å². The molecule has 0 spiro atoms. The molecule has 2 heterocycles. The van der Waals surface area contributed by atoms with Crippen molar-refractivity contribution in [1.29, 1.82) is 0 Å². The molecule has 1 amide bonds. The van der Waals surface area contributed by atoms with Crippen LogP contribution in [0.2, 0.25) is 0 Å². The minimum atomic E-state index is -0.206. The summed E-state index contributed by atoms with van der Waals surface area (Å²) in [5.74, 6) is -0.252. The van der Waals surface area contributed by atoms with Gasteiger partial charge in [-0.15, -0.1) is 0 Å². The summed E-state index contributed by atoms with van der Waals surface area (Å²) in [6, 6.07) is 8.03. The van der Waals surface area contributed by atoms with Crippen LogP contribution in [-0.4, -0.2) is 24.0 Å². The first-order valence-electron chi connectivity index (χ1n) is 6.24. The Hall–Kier alpha value is -1.62. The lowest BCUT2D eigenvalue weighted by Crippen LogP contribution is -2.27. The van der Waals surface area contributed by atoms with Crippen molar-refractivity contribution in [1.82, 2.24) is 4.98 Å². The molecule has 3 rings (SSSR count). The number of para-hydroxylation sites is 1. The van der Waals surface area contributed by atoms with Gasteiger partial charge in [-0.3, -0.25) is 9.78 Å². The largest absolute Gasteiger partial charge is 0.370 e. The zero-order chi connectivity index (χ0) is 13.4. The highest BCUT2D eigenvalue weighted by atomic mass is 79.9. The number of carbonyl (C=O) groups is 1. The van der Waals surface area contributed by atoms with Crippen LogP contribution in [0.5, 0.6) is 0 Å². The average molecular weight is 320 g/mol. The van der Waals surface area contributed by atoms with Gasteiger partial charge in [0.25, 0.3) is 0 Å².